The fourth-order valence-corrected chi connectivity index (χ4v) is 2.54. The van der Waals surface area contributed by atoms with E-state index in [1.807, 2.05) is 0 Å². The molecule has 0 rings (SSSR count). The van der Waals surface area contributed by atoms with Crippen molar-refractivity contribution in [1.82, 2.24) is 0 Å². The molecule has 0 aromatic rings. The molecule has 5 heteroatoms. The van der Waals surface area contributed by atoms with Crippen LogP contribution in [-0.2, 0) is 0 Å². The highest BCUT2D eigenvalue weighted by molar-refractivity contribution is 14.1. The maximum atomic E-state index is 5.38. The van der Waals surface area contributed by atoms with Gasteiger partial charge in [-0.1, -0.05) is 22.6 Å². The van der Waals surface area contributed by atoms with Gasteiger partial charge in [0.2, 0.25) is 0 Å². The van der Waals surface area contributed by atoms with Crippen LogP contribution in [0.15, 0.2) is 0 Å². The quantitative estimate of drug-likeness (QED) is 0.174. The van der Waals surface area contributed by atoms with Crippen molar-refractivity contribution in [2.75, 3.05) is 0 Å². The van der Waals surface area contributed by atoms with Gasteiger partial charge in [0.25, 0.3) is 0 Å². The van der Waals surface area contributed by atoms with Crippen LogP contribution < -0.4 is 17.2 Å². The van der Waals surface area contributed by atoms with E-state index in [0.717, 1.165) is 0 Å². The molecule has 3 nitrogen and oxygen atoms in total. The Balaban J connectivity index is 2.95. The predicted octanol–water partition coefficient (Wildman–Crippen LogP) is -1.70. The minimum Gasteiger partial charge on any atom is -0.332 e. The van der Waals surface area contributed by atoms with Crippen LogP contribution in [0.5, 0.6) is 0 Å². The lowest BCUT2D eigenvalue weighted by Crippen LogP contribution is -2.43. The van der Waals surface area contributed by atoms with Crippen LogP contribution in [0, 0.1) is 0 Å². The molecule has 0 amide bonds. The molecule has 7 heavy (non-hydrogen) atoms. The van der Waals surface area contributed by atoms with Crippen LogP contribution in [0.2, 0.25) is 0 Å². The molecule has 0 radical (unpaired) electrons. The summed E-state index contributed by atoms with van der Waals surface area (Å²) in [5.41, 5.74) is 15.9. The van der Waals surface area contributed by atoms with Gasteiger partial charge in [-0.15, -0.1) is 0 Å². The second kappa shape index (κ2) is 4.06. The standard InChI is InChI=1S/CH3IN.CH5N2.Al.H/c2*2-1-3;;/h1H,3H2;1H,2-3H2;;. The van der Waals surface area contributed by atoms with E-state index in [-0.39, 0.29) is 7.94 Å². The molecular weight excluding hydrogens is 220 g/mol. The summed E-state index contributed by atoms with van der Waals surface area (Å²) in [5, 5.41) is -0.119. The van der Waals surface area contributed by atoms with Crippen LogP contribution in [0.3, 0.4) is 0 Å². The lowest BCUT2D eigenvalue weighted by atomic mass is 11.2. The van der Waals surface area contributed by atoms with Crippen molar-refractivity contribution >= 4 is 37.8 Å². The second-order valence-electron chi connectivity index (χ2n) is 1.42. The predicted molar refractivity (Wildman–Crippen MR) is 41.3 cm³/mol. The average molecular weight is 229 g/mol. The topological polar surface area (TPSA) is 78.1 Å². The highest BCUT2D eigenvalue weighted by Crippen LogP contribution is 1.85. The first-order valence-electron chi connectivity index (χ1n) is 2.03. The lowest BCUT2D eigenvalue weighted by molar-refractivity contribution is 0.946. The molecule has 0 aliphatic heterocycles. The van der Waals surface area contributed by atoms with Crippen molar-refractivity contribution < 1.29 is 0 Å². The number of alkyl halides is 1. The Hall–Kier alpha value is 1.14. The molecule has 0 aliphatic carbocycles. The maximum Gasteiger partial charge on any atom is 0.324 e. The van der Waals surface area contributed by atoms with Crippen molar-refractivity contribution in [1.29, 1.82) is 0 Å². The summed E-state index contributed by atoms with van der Waals surface area (Å²) in [6.45, 7) is 0. The van der Waals surface area contributed by atoms with Gasteiger partial charge >= 0.3 is 15.2 Å². The summed E-state index contributed by atoms with van der Waals surface area (Å²) < 4.78 is 0.234. The third-order valence-corrected chi connectivity index (χ3v) is 3.02. The highest BCUT2D eigenvalue weighted by atomic mass is 127. The summed E-state index contributed by atoms with van der Waals surface area (Å²) in [5.74, 6) is 0. The Labute approximate surface area is 62.8 Å². The molecule has 0 bridgehead atoms. The first-order valence-corrected chi connectivity index (χ1v) is 4.91. The van der Waals surface area contributed by atoms with E-state index in [2.05, 4.69) is 22.6 Å². The fraction of sp³-hybridized carbons (Fsp3) is 1.00. The number of nitrogens with two attached hydrogens (primary N) is 3. The van der Waals surface area contributed by atoms with Crippen LogP contribution >= 0.6 is 22.6 Å². The van der Waals surface area contributed by atoms with Gasteiger partial charge in [-0.25, -0.2) is 0 Å². The van der Waals surface area contributed by atoms with Gasteiger partial charge < -0.3 is 17.2 Å². The van der Waals surface area contributed by atoms with Gasteiger partial charge in [0.05, 0.1) is 0 Å². The molecule has 0 saturated carbocycles. The summed E-state index contributed by atoms with van der Waals surface area (Å²) >= 11 is 1.74. The minimum atomic E-state index is -0.399. The van der Waals surface area contributed by atoms with Crippen molar-refractivity contribution in [2.45, 2.75) is 7.94 Å². The SMILES string of the molecule is N[CH](N)[AlH][CH](N)I. The molecule has 0 fully saturated rings. The molecule has 0 heterocycles. The van der Waals surface area contributed by atoms with E-state index in [0.29, 0.717) is 0 Å². The summed E-state index contributed by atoms with van der Waals surface area (Å²) in [7, 11) is 0. The van der Waals surface area contributed by atoms with Crippen LogP contribution in [0.4, 0.5) is 0 Å². The van der Waals surface area contributed by atoms with E-state index in [1.165, 1.54) is 0 Å². The molecule has 42 valence electrons. The lowest BCUT2D eigenvalue weighted by Gasteiger charge is -2.01. The Bertz CT molecular complexity index is 42.2. The van der Waals surface area contributed by atoms with E-state index < -0.39 is 15.2 Å². The zero-order chi connectivity index (χ0) is 5.86. The van der Waals surface area contributed by atoms with E-state index in [9.17, 15) is 0 Å². The Morgan fingerprint density at radius 1 is 1.29 bits per heavy atom. The minimum absolute atomic E-state index is 0.119. The summed E-state index contributed by atoms with van der Waals surface area (Å²) in [6.07, 6.45) is 0. The van der Waals surface area contributed by atoms with E-state index in [4.69, 9.17) is 17.2 Å². The van der Waals surface area contributed by atoms with Crippen molar-refractivity contribution in [2.24, 2.45) is 17.2 Å². The summed E-state index contributed by atoms with van der Waals surface area (Å²) in [6, 6.07) is 0. The third kappa shape index (κ3) is 7.14. The molecule has 0 spiro atoms. The molecule has 1 atom stereocenters. The van der Waals surface area contributed by atoms with Gasteiger partial charge in [-0.3, -0.25) is 0 Å². The van der Waals surface area contributed by atoms with Crippen LogP contribution in [-0.4, -0.2) is 23.2 Å². The Kier molecular flexibility index (Phi) is 4.73. The smallest absolute Gasteiger partial charge is 0.324 e. The monoisotopic (exact) mass is 229 g/mol. The number of hydrogen-bond donors (Lipinski definition) is 3. The molecule has 0 aromatic heterocycles. The molecule has 1 unspecified atom stereocenters. The van der Waals surface area contributed by atoms with Crippen LogP contribution in [0.25, 0.3) is 0 Å². The molecule has 0 aliphatic rings. The first-order chi connectivity index (χ1) is 3.13. The Morgan fingerprint density at radius 2 is 1.71 bits per heavy atom. The van der Waals surface area contributed by atoms with Gasteiger partial charge in [0.1, 0.15) is 0 Å². The van der Waals surface area contributed by atoms with Gasteiger partial charge in [0.15, 0.2) is 0 Å². The van der Waals surface area contributed by atoms with E-state index >= 15 is 0 Å². The highest BCUT2D eigenvalue weighted by Gasteiger charge is 2.04. The first kappa shape index (κ1) is 8.14. The van der Waals surface area contributed by atoms with Gasteiger partial charge in [-0.05, 0) is 5.03 Å². The maximum absolute atomic E-state index is 5.38. The van der Waals surface area contributed by atoms with Crippen molar-refractivity contribution in [3.63, 3.8) is 0 Å². The number of rotatable bonds is 2. The zero-order valence-electron chi connectivity index (χ0n) is 3.97. The Morgan fingerprint density at radius 3 is 1.71 bits per heavy atom. The fourth-order valence-electron chi connectivity index (χ4n) is 0.260. The van der Waals surface area contributed by atoms with E-state index in [1.54, 1.807) is 0 Å². The molecule has 0 aromatic carbocycles. The zero-order valence-corrected chi connectivity index (χ0v) is 7.54. The molecular formula is C2H9AlIN3. The third-order valence-electron chi connectivity index (χ3n) is 0.497. The number of halogens is 1. The average Bonchev–Trinajstić information content (AvgIpc) is 1.27. The van der Waals surface area contributed by atoms with Gasteiger partial charge in [0, 0.05) is 2.91 Å². The molecule has 0 saturated heterocycles. The van der Waals surface area contributed by atoms with Crippen molar-refractivity contribution in [3.8, 4) is 0 Å². The van der Waals surface area contributed by atoms with Crippen molar-refractivity contribution in [3.05, 3.63) is 0 Å². The van der Waals surface area contributed by atoms with Gasteiger partial charge in [-0.2, -0.15) is 0 Å². The number of hydrogen-bond acceptors (Lipinski definition) is 3. The second-order valence-corrected chi connectivity index (χ2v) is 6.97. The normalized spacial score (nSPS) is 14.4. The van der Waals surface area contributed by atoms with Crippen LogP contribution in [0.1, 0.15) is 0 Å². The summed E-state index contributed by atoms with van der Waals surface area (Å²) in [4.78, 5) is 0. The molecule has 6 N–H and O–H groups in total. The largest absolute Gasteiger partial charge is 0.332 e.